The fourth-order valence-corrected chi connectivity index (χ4v) is 8.51. The minimum absolute atomic E-state index is 0.645. The van der Waals surface area contributed by atoms with Crippen molar-refractivity contribution in [2.45, 2.75) is 0 Å². The molecule has 0 saturated carbocycles. The van der Waals surface area contributed by atoms with Gasteiger partial charge in [-0.1, -0.05) is 133 Å². The molecular weight excluding hydrogens is 707 g/mol. The highest BCUT2D eigenvalue weighted by atomic mass is 32.1. The highest BCUT2D eigenvalue weighted by Gasteiger charge is 2.19. The molecule has 0 bridgehead atoms. The highest BCUT2D eigenvalue weighted by molar-refractivity contribution is 7.25. The van der Waals surface area contributed by atoms with Gasteiger partial charge >= 0.3 is 0 Å². The monoisotopic (exact) mass is 735 g/mol. The van der Waals surface area contributed by atoms with E-state index in [0.717, 1.165) is 61.1 Å². The topological polar surface area (TPSA) is 77.6 Å². The molecule has 0 radical (unpaired) electrons. The second-order valence-corrected chi connectivity index (χ2v) is 14.8. The summed E-state index contributed by atoms with van der Waals surface area (Å²) in [7, 11) is 0. The summed E-state index contributed by atoms with van der Waals surface area (Å²) < 4.78 is 8.84. The highest BCUT2D eigenvalue weighted by Crippen LogP contribution is 2.40. The third kappa shape index (κ3) is 5.61. The van der Waals surface area contributed by atoms with E-state index in [0.29, 0.717) is 28.9 Å². The van der Waals surface area contributed by atoms with Crippen LogP contribution >= 0.6 is 11.3 Å². The Bertz CT molecular complexity index is 3190. The van der Waals surface area contributed by atoms with Gasteiger partial charge in [-0.25, -0.2) is 24.9 Å². The van der Waals surface area contributed by atoms with E-state index in [1.165, 1.54) is 20.2 Å². The lowest BCUT2D eigenvalue weighted by Gasteiger charge is -2.09. The van der Waals surface area contributed by atoms with Crippen molar-refractivity contribution >= 4 is 53.6 Å². The summed E-state index contributed by atoms with van der Waals surface area (Å²) >= 11 is 1.79. The third-order valence-electron chi connectivity index (χ3n) is 10.1. The molecule has 6 nitrogen and oxygen atoms in total. The van der Waals surface area contributed by atoms with Gasteiger partial charge in [0.05, 0.1) is 0 Å². The van der Waals surface area contributed by atoms with E-state index in [1.807, 2.05) is 109 Å². The van der Waals surface area contributed by atoms with Crippen molar-refractivity contribution in [1.29, 1.82) is 0 Å². The number of benzene rings is 7. The Morgan fingerprint density at radius 2 is 0.893 bits per heavy atom. The molecule has 7 aromatic carbocycles. The van der Waals surface area contributed by atoms with Gasteiger partial charge in [-0.05, 0) is 53.6 Å². The van der Waals surface area contributed by atoms with Crippen LogP contribution in [0.4, 0.5) is 0 Å². The molecule has 0 aliphatic heterocycles. The summed E-state index contributed by atoms with van der Waals surface area (Å²) in [5.74, 6) is 2.61. The smallest absolute Gasteiger partial charge is 0.180 e. The predicted octanol–water partition coefficient (Wildman–Crippen LogP) is 12.9. The first-order chi connectivity index (χ1) is 27.7. The standard InChI is InChI=1S/C49H29N5OS/c1-4-13-30(14-5-1)46-50-43(45-44(51-46)38-21-10-11-22-40(38)55-45)35-20-12-19-33(27-35)34-23-25-37-39-28-36(24-26-41(39)56-42(37)29-34)49-53-47(31-15-6-2-7-16-31)52-48(54-49)32-17-8-3-9-18-32/h1-29H. The zero-order valence-corrected chi connectivity index (χ0v) is 30.6. The van der Waals surface area contributed by atoms with Crippen molar-refractivity contribution < 1.29 is 4.42 Å². The quantitative estimate of drug-likeness (QED) is 0.169. The Labute approximate surface area is 325 Å². The van der Waals surface area contributed by atoms with E-state index in [9.17, 15) is 0 Å². The van der Waals surface area contributed by atoms with Gasteiger partial charge in [-0.3, -0.25) is 0 Å². The normalized spacial score (nSPS) is 11.6. The summed E-state index contributed by atoms with van der Waals surface area (Å²) in [6.07, 6.45) is 0. The average molecular weight is 736 g/mol. The molecule has 0 unspecified atom stereocenters. The van der Waals surface area contributed by atoms with E-state index in [-0.39, 0.29) is 0 Å². The van der Waals surface area contributed by atoms with Crippen LogP contribution in [0, 0.1) is 0 Å². The number of furan rings is 1. The minimum atomic E-state index is 0.645. The van der Waals surface area contributed by atoms with E-state index in [4.69, 9.17) is 29.3 Å². The molecule has 0 aliphatic carbocycles. The van der Waals surface area contributed by atoms with Crippen LogP contribution in [-0.4, -0.2) is 24.9 Å². The van der Waals surface area contributed by atoms with Gasteiger partial charge in [0.1, 0.15) is 16.8 Å². The zero-order valence-electron chi connectivity index (χ0n) is 29.8. The number of fused-ring (bicyclic) bond motifs is 6. The molecule has 0 saturated heterocycles. The van der Waals surface area contributed by atoms with Crippen molar-refractivity contribution in [3.05, 3.63) is 176 Å². The van der Waals surface area contributed by atoms with E-state index in [1.54, 1.807) is 11.3 Å². The number of hydrogen-bond acceptors (Lipinski definition) is 7. The Morgan fingerprint density at radius 1 is 0.339 bits per heavy atom. The Kier molecular flexibility index (Phi) is 7.57. The van der Waals surface area contributed by atoms with Crippen molar-refractivity contribution in [3.63, 3.8) is 0 Å². The second-order valence-electron chi connectivity index (χ2n) is 13.7. The summed E-state index contributed by atoms with van der Waals surface area (Å²) in [5, 5.41) is 3.34. The first-order valence-corrected chi connectivity index (χ1v) is 19.2. The van der Waals surface area contributed by atoms with Gasteiger partial charge in [0.15, 0.2) is 28.9 Å². The molecule has 4 aromatic heterocycles. The average Bonchev–Trinajstić information content (AvgIpc) is 3.84. The van der Waals surface area contributed by atoms with Crippen LogP contribution in [0.1, 0.15) is 0 Å². The molecule has 11 aromatic rings. The van der Waals surface area contributed by atoms with Crippen LogP contribution in [0.2, 0.25) is 0 Å². The fourth-order valence-electron chi connectivity index (χ4n) is 7.38. The summed E-state index contributed by atoms with van der Waals surface area (Å²) in [5.41, 5.74) is 10.1. The van der Waals surface area contributed by atoms with Gasteiger partial charge < -0.3 is 4.42 Å². The van der Waals surface area contributed by atoms with Gasteiger partial charge in [0.25, 0.3) is 0 Å². The molecule has 0 N–H and O–H groups in total. The van der Waals surface area contributed by atoms with Gasteiger partial charge in [0.2, 0.25) is 0 Å². The largest absolute Gasteiger partial charge is 0.452 e. The number of rotatable bonds is 6. The molecule has 262 valence electrons. The number of aromatic nitrogens is 5. The molecule has 11 rings (SSSR count). The predicted molar refractivity (Wildman–Crippen MR) is 228 cm³/mol. The molecule has 0 spiro atoms. The van der Waals surface area contributed by atoms with Gasteiger partial charge in [0, 0.05) is 53.4 Å². The van der Waals surface area contributed by atoms with E-state index < -0.39 is 0 Å². The van der Waals surface area contributed by atoms with Crippen molar-refractivity contribution in [1.82, 2.24) is 24.9 Å². The second kappa shape index (κ2) is 13.2. The van der Waals surface area contributed by atoms with E-state index >= 15 is 0 Å². The lowest BCUT2D eigenvalue weighted by atomic mass is 9.99. The summed E-state index contributed by atoms with van der Waals surface area (Å²) in [6, 6.07) is 60.1. The van der Waals surface area contributed by atoms with Gasteiger partial charge in [-0.15, -0.1) is 11.3 Å². The van der Waals surface area contributed by atoms with Crippen molar-refractivity contribution in [2.24, 2.45) is 0 Å². The number of para-hydroxylation sites is 1. The van der Waals surface area contributed by atoms with Crippen molar-refractivity contribution in [3.8, 4) is 67.9 Å². The molecule has 0 amide bonds. The Hall–Kier alpha value is -7.35. The first kappa shape index (κ1) is 32.1. The number of hydrogen-bond donors (Lipinski definition) is 0. The zero-order chi connectivity index (χ0) is 37.0. The number of nitrogens with zero attached hydrogens (tertiary/aromatic N) is 5. The molecule has 7 heteroatoms. The molecular formula is C49H29N5OS. The summed E-state index contributed by atoms with van der Waals surface area (Å²) in [4.78, 5) is 24.9. The van der Waals surface area contributed by atoms with Crippen LogP contribution in [-0.2, 0) is 0 Å². The Morgan fingerprint density at radius 3 is 1.59 bits per heavy atom. The molecule has 0 aliphatic rings. The molecule has 0 atom stereocenters. The van der Waals surface area contributed by atoms with Crippen LogP contribution < -0.4 is 0 Å². The maximum absolute atomic E-state index is 6.43. The van der Waals surface area contributed by atoms with Crippen LogP contribution in [0.15, 0.2) is 180 Å². The van der Waals surface area contributed by atoms with Crippen LogP contribution in [0.5, 0.6) is 0 Å². The maximum atomic E-state index is 6.43. The van der Waals surface area contributed by atoms with E-state index in [2.05, 4.69) is 66.7 Å². The van der Waals surface area contributed by atoms with Gasteiger partial charge in [-0.2, -0.15) is 0 Å². The summed E-state index contributed by atoms with van der Waals surface area (Å²) in [6.45, 7) is 0. The minimum Gasteiger partial charge on any atom is -0.452 e. The van der Waals surface area contributed by atoms with Crippen LogP contribution in [0.25, 0.3) is 110 Å². The van der Waals surface area contributed by atoms with Crippen molar-refractivity contribution in [2.75, 3.05) is 0 Å². The fraction of sp³-hybridized carbons (Fsp3) is 0. The SMILES string of the molecule is c1ccc(-c2nc(-c3ccccc3)nc(-c3ccc4sc5cc(-c6cccc(-c7nc(-c8ccccc8)nc8c7oc7ccccc78)c6)ccc5c4c3)n2)cc1. The molecule has 4 heterocycles. The lowest BCUT2D eigenvalue weighted by Crippen LogP contribution is -2.00. The lowest BCUT2D eigenvalue weighted by molar-refractivity contribution is 0.667. The van der Waals surface area contributed by atoms with Crippen LogP contribution in [0.3, 0.4) is 0 Å². The number of thiophene rings is 1. The third-order valence-corrected chi connectivity index (χ3v) is 11.3. The first-order valence-electron chi connectivity index (χ1n) is 18.4. The molecule has 0 fully saturated rings. The maximum Gasteiger partial charge on any atom is 0.180 e. The Balaban J connectivity index is 1.00. The molecule has 56 heavy (non-hydrogen) atoms.